The van der Waals surface area contributed by atoms with Gasteiger partial charge in [-0.3, -0.25) is 0 Å². The lowest BCUT2D eigenvalue weighted by Gasteiger charge is -2.29. The Balaban J connectivity index is 1.94. The molecule has 2 aromatic rings. The molecule has 2 amide bonds. The second kappa shape index (κ2) is 8.47. The Morgan fingerprint density at radius 1 is 1.07 bits per heavy atom. The number of benzene rings is 2. The van der Waals surface area contributed by atoms with E-state index in [-0.39, 0.29) is 6.61 Å². The number of hydrogen-bond donors (Lipinski definition) is 2. The highest BCUT2D eigenvalue weighted by Gasteiger charge is 2.34. The molecule has 1 aliphatic rings. The van der Waals surface area contributed by atoms with Crippen LogP contribution in [0.3, 0.4) is 0 Å². The van der Waals surface area contributed by atoms with Crippen molar-refractivity contribution in [1.82, 2.24) is 10.6 Å². The van der Waals surface area contributed by atoms with E-state index in [0.29, 0.717) is 28.3 Å². The van der Waals surface area contributed by atoms with Crippen molar-refractivity contribution in [3.05, 3.63) is 70.9 Å². The van der Waals surface area contributed by atoms with Crippen molar-refractivity contribution in [2.45, 2.75) is 19.6 Å². The normalized spacial score (nSPS) is 16.1. The molecule has 2 N–H and O–H groups in total. The minimum atomic E-state index is -0.734. The lowest BCUT2D eigenvalue weighted by molar-refractivity contribution is -0.140. The van der Waals surface area contributed by atoms with Gasteiger partial charge in [0, 0.05) is 11.3 Å². The average Bonchev–Trinajstić information content (AvgIpc) is 2.71. The first-order valence-corrected chi connectivity index (χ1v) is 8.74. The van der Waals surface area contributed by atoms with Crippen molar-refractivity contribution in [1.29, 1.82) is 0 Å². The summed E-state index contributed by atoms with van der Waals surface area (Å²) in [4.78, 5) is 25.0. The molecule has 0 aromatic heterocycles. The van der Waals surface area contributed by atoms with Crippen LogP contribution in [0.1, 0.15) is 24.1 Å². The first-order chi connectivity index (χ1) is 13.5. The Morgan fingerprint density at radius 2 is 1.82 bits per heavy atom. The minimum absolute atomic E-state index is 0.131. The maximum atomic E-state index is 12.9. The molecule has 1 heterocycles. The van der Waals surface area contributed by atoms with Crippen LogP contribution in [0, 0.1) is 0 Å². The van der Waals surface area contributed by atoms with Crippen LogP contribution < -0.4 is 20.1 Å². The van der Waals surface area contributed by atoms with Gasteiger partial charge in [0.05, 0.1) is 25.8 Å². The molecule has 1 atom stereocenters. The van der Waals surface area contributed by atoms with Gasteiger partial charge in [-0.25, -0.2) is 9.59 Å². The lowest BCUT2D eigenvalue weighted by Crippen LogP contribution is -2.45. The van der Waals surface area contributed by atoms with Crippen molar-refractivity contribution in [2.24, 2.45) is 0 Å². The zero-order valence-corrected chi connectivity index (χ0v) is 15.9. The van der Waals surface area contributed by atoms with Crippen LogP contribution in [0.2, 0.25) is 0 Å². The minimum Gasteiger partial charge on any atom is -0.497 e. The maximum Gasteiger partial charge on any atom is 0.338 e. The SMILES string of the molecule is COc1ccc(OC)c([C@H]2NC(=O)NC(C)=C2C(=O)OCc2ccccc2)c1. The summed E-state index contributed by atoms with van der Waals surface area (Å²) in [5, 5.41) is 5.40. The molecule has 7 heteroatoms. The third kappa shape index (κ3) is 4.09. The average molecular weight is 382 g/mol. The number of hydrogen-bond acceptors (Lipinski definition) is 5. The van der Waals surface area contributed by atoms with Crippen LogP contribution in [0.4, 0.5) is 4.79 Å². The van der Waals surface area contributed by atoms with E-state index < -0.39 is 18.0 Å². The summed E-state index contributed by atoms with van der Waals surface area (Å²) in [6.07, 6.45) is 0. The molecule has 0 spiro atoms. The number of ether oxygens (including phenoxy) is 3. The molecule has 0 saturated carbocycles. The number of methoxy groups -OCH3 is 2. The molecular formula is C21H22N2O5. The van der Waals surface area contributed by atoms with Crippen LogP contribution >= 0.6 is 0 Å². The quantitative estimate of drug-likeness (QED) is 0.750. The number of urea groups is 1. The molecule has 1 aliphatic heterocycles. The topological polar surface area (TPSA) is 85.9 Å². The van der Waals surface area contributed by atoms with Gasteiger partial charge in [-0.15, -0.1) is 0 Å². The fraction of sp³-hybridized carbons (Fsp3) is 0.238. The van der Waals surface area contributed by atoms with Crippen molar-refractivity contribution in [3.63, 3.8) is 0 Å². The number of rotatable bonds is 6. The predicted octanol–water partition coefficient (Wildman–Crippen LogP) is 3.08. The van der Waals surface area contributed by atoms with Gasteiger partial charge in [0.25, 0.3) is 0 Å². The smallest absolute Gasteiger partial charge is 0.338 e. The number of nitrogens with one attached hydrogen (secondary N) is 2. The van der Waals surface area contributed by atoms with E-state index in [1.54, 1.807) is 32.2 Å². The van der Waals surface area contributed by atoms with Crippen LogP contribution in [-0.2, 0) is 16.1 Å². The molecule has 0 aliphatic carbocycles. The third-order valence-corrected chi connectivity index (χ3v) is 4.45. The van der Waals surface area contributed by atoms with Crippen molar-refractivity contribution < 1.29 is 23.8 Å². The van der Waals surface area contributed by atoms with E-state index in [9.17, 15) is 9.59 Å². The number of carbonyl (C=O) groups is 2. The van der Waals surface area contributed by atoms with Gasteiger partial charge in [0.2, 0.25) is 0 Å². The highest BCUT2D eigenvalue weighted by atomic mass is 16.5. The summed E-state index contributed by atoms with van der Waals surface area (Å²) < 4.78 is 16.2. The van der Waals surface area contributed by atoms with E-state index >= 15 is 0 Å². The molecule has 0 radical (unpaired) electrons. The second-order valence-electron chi connectivity index (χ2n) is 6.24. The van der Waals surface area contributed by atoms with E-state index in [1.807, 2.05) is 30.3 Å². The standard InChI is InChI=1S/C21H22N2O5/c1-13-18(20(24)28-12-14-7-5-4-6-8-14)19(23-21(25)22-13)16-11-15(26-2)9-10-17(16)27-3/h4-11,19H,12H2,1-3H3,(H2,22,23,25)/t19-/m1/s1. The second-order valence-corrected chi connectivity index (χ2v) is 6.24. The number of allylic oxidation sites excluding steroid dienone is 1. The summed E-state index contributed by atoms with van der Waals surface area (Å²) in [7, 11) is 3.07. The first kappa shape index (κ1) is 19.3. The molecule has 2 aromatic carbocycles. The van der Waals surface area contributed by atoms with Crippen LogP contribution in [0.25, 0.3) is 0 Å². The summed E-state index contributed by atoms with van der Waals surface area (Å²) >= 11 is 0. The monoisotopic (exact) mass is 382 g/mol. The van der Waals surface area contributed by atoms with Crippen molar-refractivity contribution in [3.8, 4) is 11.5 Å². The first-order valence-electron chi connectivity index (χ1n) is 8.74. The van der Waals surface area contributed by atoms with Gasteiger partial charge in [-0.2, -0.15) is 0 Å². The van der Waals surface area contributed by atoms with Crippen LogP contribution in [0.15, 0.2) is 59.8 Å². The number of amides is 2. The van der Waals surface area contributed by atoms with Gasteiger partial charge in [-0.1, -0.05) is 30.3 Å². The van der Waals surface area contributed by atoms with Crippen molar-refractivity contribution >= 4 is 12.0 Å². The number of esters is 1. The van der Waals surface area contributed by atoms with E-state index in [2.05, 4.69) is 10.6 Å². The van der Waals surface area contributed by atoms with E-state index in [4.69, 9.17) is 14.2 Å². The maximum absolute atomic E-state index is 12.9. The fourth-order valence-electron chi connectivity index (χ4n) is 3.06. The molecule has 0 saturated heterocycles. The zero-order valence-electron chi connectivity index (χ0n) is 15.9. The van der Waals surface area contributed by atoms with E-state index in [0.717, 1.165) is 5.56 Å². The summed E-state index contributed by atoms with van der Waals surface area (Å²) in [5.41, 5.74) is 2.21. The molecule has 0 fully saturated rings. The molecule has 0 bridgehead atoms. The highest BCUT2D eigenvalue weighted by Crippen LogP contribution is 2.36. The van der Waals surface area contributed by atoms with Crippen LogP contribution in [0.5, 0.6) is 11.5 Å². The lowest BCUT2D eigenvalue weighted by atomic mass is 9.94. The Labute approximate surface area is 163 Å². The summed E-state index contributed by atoms with van der Waals surface area (Å²) in [6, 6.07) is 13.4. The Kier molecular flexibility index (Phi) is 5.84. The Hall–Kier alpha value is -3.48. The van der Waals surface area contributed by atoms with Gasteiger partial charge >= 0.3 is 12.0 Å². The fourth-order valence-corrected chi connectivity index (χ4v) is 3.06. The zero-order chi connectivity index (χ0) is 20.1. The predicted molar refractivity (Wildman–Crippen MR) is 103 cm³/mol. The van der Waals surface area contributed by atoms with Gasteiger partial charge in [0.15, 0.2) is 0 Å². The molecule has 0 unspecified atom stereocenters. The highest BCUT2D eigenvalue weighted by molar-refractivity contribution is 5.95. The Morgan fingerprint density at radius 3 is 2.50 bits per heavy atom. The molecule has 3 rings (SSSR count). The van der Waals surface area contributed by atoms with Crippen molar-refractivity contribution in [2.75, 3.05) is 14.2 Å². The molecular weight excluding hydrogens is 360 g/mol. The third-order valence-electron chi connectivity index (χ3n) is 4.45. The largest absolute Gasteiger partial charge is 0.497 e. The molecule has 7 nitrogen and oxygen atoms in total. The Bertz CT molecular complexity index is 908. The van der Waals surface area contributed by atoms with Gasteiger partial charge in [0.1, 0.15) is 18.1 Å². The van der Waals surface area contributed by atoms with Gasteiger partial charge in [-0.05, 0) is 30.7 Å². The summed E-state index contributed by atoms with van der Waals surface area (Å²) in [6.45, 7) is 1.80. The van der Waals surface area contributed by atoms with Gasteiger partial charge < -0.3 is 24.8 Å². The van der Waals surface area contributed by atoms with E-state index in [1.165, 1.54) is 7.11 Å². The summed E-state index contributed by atoms with van der Waals surface area (Å²) in [5.74, 6) is 0.580. The molecule has 28 heavy (non-hydrogen) atoms. The van der Waals surface area contributed by atoms with Crippen LogP contribution in [-0.4, -0.2) is 26.2 Å². The number of carbonyl (C=O) groups excluding carboxylic acids is 2. The molecule has 146 valence electrons.